The second-order valence-electron chi connectivity index (χ2n) is 6.65. The third-order valence-electron chi connectivity index (χ3n) is 3.78. The Kier molecular flexibility index (Phi) is 10.8. The van der Waals surface area contributed by atoms with E-state index in [1.54, 1.807) is 0 Å². The summed E-state index contributed by atoms with van der Waals surface area (Å²) in [6.45, 7) is 11.8. The summed E-state index contributed by atoms with van der Waals surface area (Å²) in [5.74, 6) is 0.873. The average molecular weight is 369 g/mol. The molecular formula is C19H36N4OS. The topological polar surface area (TPSA) is 48.9 Å². The quantitative estimate of drug-likeness (QED) is 0.466. The summed E-state index contributed by atoms with van der Waals surface area (Å²) >= 11 is 1.87. The van der Waals surface area contributed by atoms with Gasteiger partial charge in [-0.3, -0.25) is 4.99 Å². The van der Waals surface area contributed by atoms with Crippen LogP contribution in [0.2, 0.25) is 0 Å². The second-order valence-corrected chi connectivity index (χ2v) is 8.02. The van der Waals surface area contributed by atoms with E-state index < -0.39 is 0 Å². The Labute approximate surface area is 157 Å². The molecule has 2 atom stereocenters. The predicted octanol–water partition coefficient (Wildman–Crippen LogP) is 2.90. The van der Waals surface area contributed by atoms with Crippen LogP contribution in [0.3, 0.4) is 0 Å². The number of nitrogens with zero attached hydrogens (tertiary/aromatic N) is 2. The van der Waals surface area contributed by atoms with Gasteiger partial charge in [0.2, 0.25) is 0 Å². The Balaban J connectivity index is 2.57. The Hall–Kier alpha value is -1.11. The highest BCUT2D eigenvalue weighted by atomic mass is 32.1. The molecule has 2 unspecified atom stereocenters. The lowest BCUT2D eigenvalue weighted by molar-refractivity contribution is 0.0582. The third kappa shape index (κ3) is 9.82. The van der Waals surface area contributed by atoms with E-state index in [4.69, 9.17) is 9.73 Å². The first kappa shape index (κ1) is 21.9. The van der Waals surface area contributed by atoms with Crippen LogP contribution in [0, 0.1) is 6.92 Å². The largest absolute Gasteiger partial charge is 0.377 e. The molecular weight excluding hydrogens is 332 g/mol. The smallest absolute Gasteiger partial charge is 0.191 e. The molecule has 0 amide bonds. The molecule has 0 aliphatic carbocycles. The molecule has 2 N–H and O–H groups in total. The number of nitrogens with one attached hydrogen (secondary N) is 2. The van der Waals surface area contributed by atoms with Crippen LogP contribution in [0.4, 0.5) is 0 Å². The maximum absolute atomic E-state index is 5.84. The van der Waals surface area contributed by atoms with Crippen molar-refractivity contribution in [3.05, 3.63) is 21.9 Å². The highest BCUT2D eigenvalue weighted by molar-refractivity contribution is 7.11. The van der Waals surface area contributed by atoms with Crippen molar-refractivity contribution >= 4 is 17.3 Å². The first-order valence-electron chi connectivity index (χ1n) is 9.31. The van der Waals surface area contributed by atoms with E-state index in [0.717, 1.165) is 38.5 Å². The maximum atomic E-state index is 5.84. The van der Waals surface area contributed by atoms with E-state index in [1.165, 1.54) is 9.75 Å². The lowest BCUT2D eigenvalue weighted by Crippen LogP contribution is -2.43. The highest BCUT2D eigenvalue weighted by Gasteiger charge is 2.11. The van der Waals surface area contributed by atoms with Crippen LogP contribution < -0.4 is 10.6 Å². The Morgan fingerprint density at radius 2 is 2.08 bits per heavy atom. The van der Waals surface area contributed by atoms with Crippen molar-refractivity contribution in [2.75, 3.05) is 40.3 Å². The Bertz CT molecular complexity index is 501. The lowest BCUT2D eigenvalue weighted by atomic mass is 10.2. The number of aliphatic imine (C=N–C) groups is 1. The zero-order valence-electron chi connectivity index (χ0n) is 16.8. The Morgan fingerprint density at radius 1 is 1.32 bits per heavy atom. The van der Waals surface area contributed by atoms with Gasteiger partial charge >= 0.3 is 0 Å². The number of rotatable bonds is 11. The fourth-order valence-corrected chi connectivity index (χ4v) is 3.58. The van der Waals surface area contributed by atoms with E-state index in [2.05, 4.69) is 62.5 Å². The van der Waals surface area contributed by atoms with Crippen molar-refractivity contribution in [3.8, 4) is 0 Å². The molecule has 0 bridgehead atoms. The highest BCUT2D eigenvalue weighted by Crippen LogP contribution is 2.16. The monoisotopic (exact) mass is 368 g/mol. The van der Waals surface area contributed by atoms with E-state index >= 15 is 0 Å². The normalized spacial score (nSPS) is 14.6. The number of thiophene rings is 1. The van der Waals surface area contributed by atoms with Crippen LogP contribution in [0.25, 0.3) is 0 Å². The first-order valence-corrected chi connectivity index (χ1v) is 10.1. The minimum absolute atomic E-state index is 0.165. The van der Waals surface area contributed by atoms with Gasteiger partial charge in [0.25, 0.3) is 0 Å². The lowest BCUT2D eigenvalue weighted by Gasteiger charge is -2.20. The molecule has 1 heterocycles. The van der Waals surface area contributed by atoms with E-state index in [9.17, 15) is 0 Å². The number of ether oxygens (including phenoxy) is 1. The molecule has 1 aromatic heterocycles. The first-order chi connectivity index (χ1) is 11.9. The maximum Gasteiger partial charge on any atom is 0.191 e. The van der Waals surface area contributed by atoms with Gasteiger partial charge in [-0.15, -0.1) is 11.3 Å². The van der Waals surface area contributed by atoms with Crippen molar-refractivity contribution in [1.82, 2.24) is 15.5 Å². The van der Waals surface area contributed by atoms with Gasteiger partial charge in [0, 0.05) is 41.9 Å². The zero-order chi connectivity index (χ0) is 18.7. The van der Waals surface area contributed by atoms with Gasteiger partial charge in [-0.05, 0) is 60.3 Å². The number of aryl methyl sites for hydroxylation is 1. The predicted molar refractivity (Wildman–Crippen MR) is 110 cm³/mol. The number of guanidine groups is 1. The minimum Gasteiger partial charge on any atom is -0.377 e. The summed E-state index contributed by atoms with van der Waals surface area (Å²) < 4.78 is 5.84. The van der Waals surface area contributed by atoms with Crippen LogP contribution in [-0.2, 0) is 11.2 Å². The number of hydrogen-bond donors (Lipinski definition) is 2. The second kappa shape index (κ2) is 12.3. The van der Waals surface area contributed by atoms with Crippen molar-refractivity contribution in [3.63, 3.8) is 0 Å². The standard InChI is InChI=1S/C19H36N4OS/c1-7-20-19(21-14-17(24-8-2)11-12-23(5)6)22-15(3)13-18-10-9-16(4)25-18/h9-10,15,17H,7-8,11-14H2,1-6H3,(H2,20,21,22). The molecule has 0 aliphatic rings. The van der Waals surface area contributed by atoms with E-state index in [0.29, 0.717) is 12.6 Å². The Morgan fingerprint density at radius 3 is 2.64 bits per heavy atom. The van der Waals surface area contributed by atoms with Gasteiger partial charge < -0.3 is 20.3 Å². The van der Waals surface area contributed by atoms with Gasteiger partial charge in [0.1, 0.15) is 0 Å². The molecule has 0 radical (unpaired) electrons. The van der Waals surface area contributed by atoms with Crippen LogP contribution in [-0.4, -0.2) is 63.3 Å². The zero-order valence-corrected chi connectivity index (χ0v) is 17.6. The molecule has 1 rings (SSSR count). The fourth-order valence-electron chi connectivity index (χ4n) is 2.56. The van der Waals surface area contributed by atoms with Crippen molar-refractivity contribution in [1.29, 1.82) is 0 Å². The molecule has 25 heavy (non-hydrogen) atoms. The van der Waals surface area contributed by atoms with Gasteiger partial charge in [0.05, 0.1) is 12.6 Å². The van der Waals surface area contributed by atoms with Gasteiger partial charge in [0.15, 0.2) is 5.96 Å². The number of hydrogen-bond acceptors (Lipinski definition) is 4. The van der Waals surface area contributed by atoms with Gasteiger partial charge in [-0.25, -0.2) is 0 Å². The average Bonchev–Trinajstić information content (AvgIpc) is 2.94. The van der Waals surface area contributed by atoms with Crippen molar-refractivity contribution in [2.45, 2.75) is 52.7 Å². The molecule has 0 fully saturated rings. The van der Waals surface area contributed by atoms with Gasteiger partial charge in [-0.1, -0.05) is 0 Å². The van der Waals surface area contributed by atoms with E-state index in [-0.39, 0.29) is 6.10 Å². The van der Waals surface area contributed by atoms with E-state index in [1.807, 2.05) is 18.3 Å². The molecule has 0 saturated heterocycles. The molecule has 0 saturated carbocycles. The summed E-state index contributed by atoms with van der Waals surface area (Å²) in [6, 6.07) is 4.74. The summed E-state index contributed by atoms with van der Waals surface area (Å²) in [7, 11) is 4.18. The van der Waals surface area contributed by atoms with Crippen LogP contribution in [0.15, 0.2) is 17.1 Å². The van der Waals surface area contributed by atoms with Crippen LogP contribution >= 0.6 is 11.3 Å². The summed E-state index contributed by atoms with van der Waals surface area (Å²) in [5.41, 5.74) is 0. The minimum atomic E-state index is 0.165. The fraction of sp³-hybridized carbons (Fsp3) is 0.737. The van der Waals surface area contributed by atoms with Crippen LogP contribution in [0.5, 0.6) is 0 Å². The van der Waals surface area contributed by atoms with Crippen LogP contribution in [0.1, 0.15) is 36.9 Å². The summed E-state index contributed by atoms with van der Waals surface area (Å²) in [5, 5.41) is 6.86. The molecule has 0 aliphatic heterocycles. The third-order valence-corrected chi connectivity index (χ3v) is 4.81. The molecule has 144 valence electrons. The summed E-state index contributed by atoms with van der Waals surface area (Å²) in [6.07, 6.45) is 2.17. The molecule has 5 nitrogen and oxygen atoms in total. The summed E-state index contributed by atoms with van der Waals surface area (Å²) in [4.78, 5) is 9.71. The molecule has 6 heteroatoms. The van der Waals surface area contributed by atoms with Crippen molar-refractivity contribution in [2.24, 2.45) is 4.99 Å². The van der Waals surface area contributed by atoms with Gasteiger partial charge in [-0.2, -0.15) is 0 Å². The molecule has 0 aromatic carbocycles. The molecule has 1 aromatic rings. The SMILES string of the molecule is CCNC(=NCC(CCN(C)C)OCC)NC(C)Cc1ccc(C)s1. The van der Waals surface area contributed by atoms with Crippen molar-refractivity contribution < 1.29 is 4.74 Å². The molecule has 0 spiro atoms.